The van der Waals surface area contributed by atoms with E-state index in [0.29, 0.717) is 5.56 Å². The van der Waals surface area contributed by atoms with Gasteiger partial charge in [0, 0.05) is 11.1 Å². The number of para-hydroxylation sites is 1. The molecule has 3 aliphatic rings. The number of hydrogen-bond acceptors (Lipinski definition) is 7. The Bertz CT molecular complexity index is 1510. The van der Waals surface area contributed by atoms with Crippen LogP contribution in [0.25, 0.3) is 0 Å². The predicted octanol–water partition coefficient (Wildman–Crippen LogP) is 4.21. The quantitative estimate of drug-likeness (QED) is 0.283. The molecule has 190 valence electrons. The van der Waals surface area contributed by atoms with Crippen LogP contribution in [0.1, 0.15) is 49.7 Å². The lowest BCUT2D eigenvalue weighted by atomic mass is 9.77. The number of anilines is 1. The Hall–Kier alpha value is -4.14. The molecule has 6 rings (SSSR count). The van der Waals surface area contributed by atoms with Crippen LogP contribution in [-0.4, -0.2) is 41.6 Å². The first kappa shape index (κ1) is 24.2. The molecule has 2 saturated heterocycles. The van der Waals surface area contributed by atoms with Gasteiger partial charge in [-0.3, -0.25) is 19.2 Å². The third-order valence-electron chi connectivity index (χ3n) is 7.36. The van der Waals surface area contributed by atoms with Gasteiger partial charge in [0.15, 0.2) is 0 Å². The van der Waals surface area contributed by atoms with Gasteiger partial charge in [-0.25, -0.2) is 9.69 Å². The van der Waals surface area contributed by atoms with Crippen LogP contribution in [0.3, 0.4) is 0 Å². The lowest BCUT2D eigenvalue weighted by molar-refractivity contribution is -0.127. The molecule has 2 heterocycles. The van der Waals surface area contributed by atoms with Crippen LogP contribution in [-0.2, 0) is 19.1 Å². The van der Waals surface area contributed by atoms with Gasteiger partial charge in [-0.05, 0) is 36.8 Å². The summed E-state index contributed by atoms with van der Waals surface area (Å²) in [4.78, 5) is 68.6. The van der Waals surface area contributed by atoms with Crippen molar-refractivity contribution in [1.29, 1.82) is 0 Å². The smallest absolute Gasteiger partial charge is 0.338 e. The van der Waals surface area contributed by atoms with Gasteiger partial charge in [0.25, 0.3) is 0 Å². The second-order valence-electron chi connectivity index (χ2n) is 9.29. The number of carbonyl (C=O) groups is 5. The van der Waals surface area contributed by atoms with Gasteiger partial charge in [0.1, 0.15) is 0 Å². The van der Waals surface area contributed by atoms with Crippen molar-refractivity contribution in [3.8, 4) is 0 Å². The summed E-state index contributed by atoms with van der Waals surface area (Å²) in [6, 6.07) is 18.8. The molecule has 0 bridgehead atoms. The Kier molecular flexibility index (Phi) is 5.55. The Morgan fingerprint density at radius 1 is 0.895 bits per heavy atom. The van der Waals surface area contributed by atoms with Crippen molar-refractivity contribution >= 4 is 46.6 Å². The summed E-state index contributed by atoms with van der Waals surface area (Å²) in [6.45, 7) is 1.90. The molecule has 38 heavy (non-hydrogen) atoms. The van der Waals surface area contributed by atoms with E-state index in [4.69, 9.17) is 21.1 Å². The first-order valence-electron chi connectivity index (χ1n) is 12.1. The summed E-state index contributed by atoms with van der Waals surface area (Å²) in [6.07, 6.45) is -1.11. The Balaban J connectivity index is 1.50. The molecule has 3 aromatic carbocycles. The van der Waals surface area contributed by atoms with Crippen molar-refractivity contribution in [2.24, 2.45) is 11.8 Å². The first-order valence-corrected chi connectivity index (χ1v) is 12.4. The molecule has 2 fully saturated rings. The topological polar surface area (TPSA) is 107 Å². The Morgan fingerprint density at radius 3 is 2.11 bits per heavy atom. The summed E-state index contributed by atoms with van der Waals surface area (Å²) >= 11 is 6.34. The fraction of sp³-hybridized carbons (Fsp3) is 0.207. The second kappa shape index (κ2) is 8.72. The fourth-order valence-corrected chi connectivity index (χ4v) is 5.93. The van der Waals surface area contributed by atoms with Crippen LogP contribution >= 0.6 is 11.6 Å². The zero-order valence-electron chi connectivity index (χ0n) is 20.1. The molecule has 1 aliphatic carbocycles. The zero-order valence-corrected chi connectivity index (χ0v) is 20.8. The summed E-state index contributed by atoms with van der Waals surface area (Å²) in [7, 11) is 0. The highest BCUT2D eigenvalue weighted by molar-refractivity contribution is 6.39. The average Bonchev–Trinajstić information content (AvgIpc) is 3.49. The highest BCUT2D eigenvalue weighted by Crippen LogP contribution is 2.58. The van der Waals surface area contributed by atoms with Gasteiger partial charge in [0.2, 0.25) is 29.0 Å². The maximum absolute atomic E-state index is 13.9. The third kappa shape index (κ3) is 3.17. The number of rotatable bonds is 4. The van der Waals surface area contributed by atoms with Crippen molar-refractivity contribution in [3.05, 3.63) is 100 Å². The molecular formula is C29H20ClNO7. The minimum atomic E-state index is -2.19. The number of fused-ring (bicyclic) bond motifs is 3. The van der Waals surface area contributed by atoms with Crippen molar-refractivity contribution in [2.45, 2.75) is 18.6 Å². The highest BCUT2D eigenvalue weighted by atomic mass is 35.5. The second-order valence-corrected chi connectivity index (χ2v) is 9.69. The molecule has 0 N–H and O–H groups in total. The standard InChI is InChI=1S/C29H20ClNO7/c1-2-37-28(36)16-13-11-15(12-14-16)23-21-22(27(35)31(26(21)34)20-10-6-5-9-19(20)30)29(38-23)24(32)17-7-3-4-8-18(17)25(29)33/h3-14,21-23H,2H2,1H3/t21-,22-,23+/m0/s1. The third-order valence-corrected chi connectivity index (χ3v) is 7.68. The molecule has 0 radical (unpaired) electrons. The highest BCUT2D eigenvalue weighted by Gasteiger charge is 2.74. The minimum Gasteiger partial charge on any atom is -0.462 e. The number of amides is 2. The van der Waals surface area contributed by atoms with Crippen molar-refractivity contribution < 1.29 is 33.4 Å². The van der Waals surface area contributed by atoms with E-state index >= 15 is 0 Å². The summed E-state index contributed by atoms with van der Waals surface area (Å²) in [5.74, 6) is -5.74. The maximum atomic E-state index is 13.9. The van der Waals surface area contributed by atoms with Crippen LogP contribution in [0.4, 0.5) is 5.69 Å². The molecular weight excluding hydrogens is 510 g/mol. The van der Waals surface area contributed by atoms with Gasteiger partial charge < -0.3 is 9.47 Å². The number of imide groups is 1. The molecule has 2 amide bonds. The summed E-state index contributed by atoms with van der Waals surface area (Å²) in [5, 5.41) is 0.173. The molecule has 3 atom stereocenters. The molecule has 0 saturated carbocycles. The Morgan fingerprint density at radius 2 is 1.50 bits per heavy atom. The maximum Gasteiger partial charge on any atom is 0.338 e. The van der Waals surface area contributed by atoms with E-state index < -0.39 is 52.9 Å². The number of esters is 1. The molecule has 3 aromatic rings. The Labute approximate surface area is 222 Å². The largest absolute Gasteiger partial charge is 0.462 e. The van der Waals surface area contributed by atoms with Crippen LogP contribution in [0, 0.1) is 11.8 Å². The predicted molar refractivity (Wildman–Crippen MR) is 135 cm³/mol. The molecule has 0 aromatic heterocycles. The van der Waals surface area contributed by atoms with E-state index in [-0.39, 0.29) is 34.0 Å². The number of carbonyl (C=O) groups excluding carboxylic acids is 5. The van der Waals surface area contributed by atoms with Crippen molar-refractivity contribution in [2.75, 3.05) is 11.5 Å². The molecule has 0 unspecified atom stereocenters. The number of ketones is 2. The van der Waals surface area contributed by atoms with E-state index in [9.17, 15) is 24.0 Å². The average molecular weight is 530 g/mol. The lowest BCUT2D eigenvalue weighted by Gasteiger charge is -2.27. The van der Waals surface area contributed by atoms with E-state index in [2.05, 4.69) is 0 Å². The van der Waals surface area contributed by atoms with E-state index in [1.165, 1.54) is 30.3 Å². The van der Waals surface area contributed by atoms with Gasteiger partial charge in [-0.15, -0.1) is 0 Å². The lowest BCUT2D eigenvalue weighted by Crippen LogP contribution is -2.51. The monoisotopic (exact) mass is 529 g/mol. The fourth-order valence-electron chi connectivity index (χ4n) is 5.71. The molecule has 1 spiro atoms. The van der Waals surface area contributed by atoms with Gasteiger partial charge >= 0.3 is 5.97 Å². The van der Waals surface area contributed by atoms with Crippen LogP contribution in [0.2, 0.25) is 5.02 Å². The molecule has 8 nitrogen and oxygen atoms in total. The number of halogens is 1. The number of hydrogen-bond donors (Lipinski definition) is 0. The van der Waals surface area contributed by atoms with Gasteiger partial charge in [0.05, 0.1) is 40.8 Å². The zero-order chi connectivity index (χ0) is 26.8. The molecule has 9 heteroatoms. The van der Waals surface area contributed by atoms with Crippen LogP contribution < -0.4 is 4.90 Å². The van der Waals surface area contributed by atoms with Crippen LogP contribution in [0.5, 0.6) is 0 Å². The SMILES string of the molecule is CCOC(=O)c1ccc([C@H]2OC3(C(=O)c4ccccc4C3=O)[C@@H]3C(=O)N(c4ccccc4Cl)C(=O)[C@H]23)cc1. The van der Waals surface area contributed by atoms with Crippen molar-refractivity contribution in [3.63, 3.8) is 0 Å². The summed E-state index contributed by atoms with van der Waals surface area (Å²) < 4.78 is 11.3. The number of benzene rings is 3. The van der Waals surface area contributed by atoms with E-state index in [1.807, 2.05) is 0 Å². The first-order chi connectivity index (χ1) is 18.3. The normalized spacial score (nSPS) is 23.2. The van der Waals surface area contributed by atoms with Crippen molar-refractivity contribution in [1.82, 2.24) is 0 Å². The van der Waals surface area contributed by atoms with E-state index in [1.54, 1.807) is 49.4 Å². The van der Waals surface area contributed by atoms with Gasteiger partial charge in [-0.1, -0.05) is 60.1 Å². The van der Waals surface area contributed by atoms with Crippen LogP contribution in [0.15, 0.2) is 72.8 Å². The van der Waals surface area contributed by atoms with Gasteiger partial charge in [-0.2, -0.15) is 0 Å². The number of ether oxygens (including phenoxy) is 2. The number of Topliss-reactive ketones (excluding diaryl/α,β-unsaturated/α-hetero) is 2. The number of nitrogens with zero attached hydrogens (tertiary/aromatic N) is 1. The van der Waals surface area contributed by atoms with E-state index in [0.717, 1.165) is 4.90 Å². The summed E-state index contributed by atoms with van der Waals surface area (Å²) in [5.41, 5.74) is -1.02. The minimum absolute atomic E-state index is 0.144. The molecule has 2 aliphatic heterocycles.